The Balaban J connectivity index is 2.40. The van der Waals surface area contributed by atoms with Crippen LogP contribution in [0.5, 0.6) is 5.75 Å². The zero-order valence-corrected chi connectivity index (χ0v) is 14.5. The first-order chi connectivity index (χ1) is 10.2. The van der Waals surface area contributed by atoms with Crippen LogP contribution in [0.1, 0.15) is 44.7 Å². The van der Waals surface area contributed by atoms with Gasteiger partial charge in [0.2, 0.25) is 0 Å². The number of ether oxygens (including phenoxy) is 2. The summed E-state index contributed by atoms with van der Waals surface area (Å²) in [5.41, 5.74) is 2.66. The maximum Gasteiger partial charge on any atom is 0.311 e. The van der Waals surface area contributed by atoms with Crippen molar-refractivity contribution in [1.29, 1.82) is 0 Å². The van der Waals surface area contributed by atoms with Crippen molar-refractivity contribution in [2.45, 2.75) is 47.5 Å². The van der Waals surface area contributed by atoms with Crippen LogP contribution in [-0.4, -0.2) is 19.2 Å². The third-order valence-electron chi connectivity index (χ3n) is 3.55. The summed E-state index contributed by atoms with van der Waals surface area (Å²) < 4.78 is 11.1. The smallest absolute Gasteiger partial charge is 0.311 e. The van der Waals surface area contributed by atoms with Gasteiger partial charge in [-0.05, 0) is 70.2 Å². The Bertz CT molecular complexity index is 529. The number of carbonyl (C=O) groups excluding carboxylic acids is 1. The van der Waals surface area contributed by atoms with Crippen molar-refractivity contribution < 1.29 is 14.3 Å². The highest BCUT2D eigenvalue weighted by atomic mass is 16.5. The average Bonchev–Trinajstić information content (AvgIpc) is 2.44. The van der Waals surface area contributed by atoms with Crippen LogP contribution in [0.4, 0.5) is 0 Å². The lowest BCUT2D eigenvalue weighted by atomic mass is 9.88. The summed E-state index contributed by atoms with van der Waals surface area (Å²) in [6.45, 7) is 14.4. The van der Waals surface area contributed by atoms with E-state index in [2.05, 4.69) is 18.7 Å². The molecule has 0 saturated carbocycles. The quantitative estimate of drug-likeness (QED) is 0.400. The van der Waals surface area contributed by atoms with Crippen molar-refractivity contribution in [3.8, 4) is 5.75 Å². The SMILES string of the molecule is C=C(C)COC(=O)C(C)(C)CCCOc1cc(C)ccc1C. The Morgan fingerprint density at radius 1 is 1.27 bits per heavy atom. The molecular formula is C19H28O3. The van der Waals surface area contributed by atoms with Crippen molar-refractivity contribution in [1.82, 2.24) is 0 Å². The van der Waals surface area contributed by atoms with Crippen LogP contribution in [0.3, 0.4) is 0 Å². The largest absolute Gasteiger partial charge is 0.493 e. The van der Waals surface area contributed by atoms with Gasteiger partial charge in [0.25, 0.3) is 0 Å². The van der Waals surface area contributed by atoms with E-state index in [9.17, 15) is 4.79 Å². The summed E-state index contributed by atoms with van der Waals surface area (Å²) in [5.74, 6) is 0.741. The van der Waals surface area contributed by atoms with Gasteiger partial charge in [0.1, 0.15) is 12.4 Å². The topological polar surface area (TPSA) is 35.5 Å². The zero-order valence-electron chi connectivity index (χ0n) is 14.5. The average molecular weight is 304 g/mol. The first kappa shape index (κ1) is 18.3. The van der Waals surface area contributed by atoms with Crippen molar-refractivity contribution in [2.75, 3.05) is 13.2 Å². The van der Waals surface area contributed by atoms with Gasteiger partial charge in [-0.1, -0.05) is 18.7 Å². The molecule has 3 heteroatoms. The lowest BCUT2D eigenvalue weighted by molar-refractivity contribution is -0.153. The molecule has 0 fully saturated rings. The molecule has 0 bridgehead atoms. The standard InChI is InChI=1S/C19H28O3/c1-14(2)13-22-18(20)19(5,6)10-7-11-21-17-12-15(3)8-9-16(17)4/h8-9,12H,1,7,10-11,13H2,2-6H3. The fraction of sp³-hybridized carbons (Fsp3) is 0.526. The second kappa shape index (κ2) is 8.02. The van der Waals surface area contributed by atoms with Crippen molar-refractivity contribution in [2.24, 2.45) is 5.41 Å². The lowest BCUT2D eigenvalue weighted by Crippen LogP contribution is -2.27. The van der Waals surface area contributed by atoms with E-state index in [1.165, 1.54) is 5.56 Å². The molecule has 3 nitrogen and oxygen atoms in total. The summed E-state index contributed by atoms with van der Waals surface area (Å²) in [7, 11) is 0. The van der Waals surface area contributed by atoms with Crippen molar-refractivity contribution >= 4 is 5.97 Å². The molecule has 0 spiro atoms. The molecule has 0 atom stereocenters. The van der Waals surface area contributed by atoms with Crippen LogP contribution in [0.25, 0.3) is 0 Å². The van der Waals surface area contributed by atoms with E-state index in [1.54, 1.807) is 0 Å². The summed E-state index contributed by atoms with van der Waals surface area (Å²) in [4.78, 5) is 12.0. The van der Waals surface area contributed by atoms with E-state index in [0.717, 1.165) is 29.7 Å². The number of rotatable bonds is 8. The van der Waals surface area contributed by atoms with Crippen LogP contribution in [0.2, 0.25) is 0 Å². The fourth-order valence-electron chi connectivity index (χ4n) is 2.05. The molecule has 1 aromatic carbocycles. The maximum absolute atomic E-state index is 12.0. The van der Waals surface area contributed by atoms with Gasteiger partial charge in [0.05, 0.1) is 12.0 Å². The van der Waals surface area contributed by atoms with E-state index < -0.39 is 5.41 Å². The number of hydrogen-bond donors (Lipinski definition) is 0. The molecule has 0 saturated heterocycles. The van der Waals surface area contributed by atoms with Crippen LogP contribution in [0, 0.1) is 19.3 Å². The van der Waals surface area contributed by atoms with E-state index in [1.807, 2.05) is 40.7 Å². The number of esters is 1. The third kappa shape index (κ3) is 5.92. The highest BCUT2D eigenvalue weighted by Gasteiger charge is 2.28. The second-order valence-corrected chi connectivity index (χ2v) is 6.64. The Kier molecular flexibility index (Phi) is 6.66. The Labute approximate surface area is 134 Å². The molecule has 0 radical (unpaired) electrons. The zero-order chi connectivity index (χ0) is 16.8. The summed E-state index contributed by atoms with van der Waals surface area (Å²) in [6.07, 6.45) is 1.54. The first-order valence-electron chi connectivity index (χ1n) is 7.74. The third-order valence-corrected chi connectivity index (χ3v) is 3.55. The minimum absolute atomic E-state index is 0.178. The molecule has 1 rings (SSSR count). The summed E-state index contributed by atoms with van der Waals surface area (Å²) >= 11 is 0. The minimum atomic E-state index is -0.500. The number of hydrogen-bond acceptors (Lipinski definition) is 3. The van der Waals surface area contributed by atoms with Gasteiger partial charge in [-0.2, -0.15) is 0 Å². The molecule has 22 heavy (non-hydrogen) atoms. The molecule has 0 aliphatic rings. The lowest BCUT2D eigenvalue weighted by Gasteiger charge is -2.22. The molecule has 0 aromatic heterocycles. The molecule has 0 amide bonds. The van der Waals surface area contributed by atoms with E-state index in [-0.39, 0.29) is 5.97 Å². The Morgan fingerprint density at radius 3 is 2.59 bits per heavy atom. The number of carbonyl (C=O) groups is 1. The highest BCUT2D eigenvalue weighted by molar-refractivity contribution is 5.75. The predicted octanol–water partition coefficient (Wildman–Crippen LogP) is 4.61. The highest BCUT2D eigenvalue weighted by Crippen LogP contribution is 2.25. The fourth-order valence-corrected chi connectivity index (χ4v) is 2.05. The normalized spacial score (nSPS) is 11.1. The number of aryl methyl sites for hydroxylation is 2. The molecule has 0 aliphatic carbocycles. The molecule has 122 valence electrons. The molecule has 0 aliphatic heterocycles. The van der Waals surface area contributed by atoms with E-state index in [0.29, 0.717) is 13.2 Å². The van der Waals surface area contributed by atoms with Gasteiger partial charge in [-0.3, -0.25) is 4.79 Å². The number of benzene rings is 1. The Hall–Kier alpha value is -1.77. The van der Waals surface area contributed by atoms with E-state index in [4.69, 9.17) is 9.47 Å². The van der Waals surface area contributed by atoms with Crippen LogP contribution < -0.4 is 4.74 Å². The molecule has 0 unspecified atom stereocenters. The molecule has 1 aromatic rings. The Morgan fingerprint density at radius 2 is 1.95 bits per heavy atom. The van der Waals surface area contributed by atoms with Crippen LogP contribution in [-0.2, 0) is 9.53 Å². The van der Waals surface area contributed by atoms with Gasteiger partial charge < -0.3 is 9.47 Å². The van der Waals surface area contributed by atoms with Gasteiger partial charge in [0, 0.05) is 0 Å². The van der Waals surface area contributed by atoms with Gasteiger partial charge in [-0.25, -0.2) is 0 Å². The van der Waals surface area contributed by atoms with E-state index >= 15 is 0 Å². The molecular weight excluding hydrogens is 276 g/mol. The predicted molar refractivity (Wildman–Crippen MR) is 90.2 cm³/mol. The first-order valence-corrected chi connectivity index (χ1v) is 7.74. The minimum Gasteiger partial charge on any atom is -0.493 e. The van der Waals surface area contributed by atoms with Gasteiger partial charge in [0.15, 0.2) is 0 Å². The van der Waals surface area contributed by atoms with Crippen molar-refractivity contribution in [3.05, 3.63) is 41.5 Å². The monoisotopic (exact) mass is 304 g/mol. The van der Waals surface area contributed by atoms with Crippen molar-refractivity contribution in [3.63, 3.8) is 0 Å². The van der Waals surface area contributed by atoms with Gasteiger partial charge in [-0.15, -0.1) is 0 Å². The van der Waals surface area contributed by atoms with Crippen LogP contribution >= 0.6 is 0 Å². The summed E-state index contributed by atoms with van der Waals surface area (Å²) in [6, 6.07) is 6.17. The van der Waals surface area contributed by atoms with Gasteiger partial charge >= 0.3 is 5.97 Å². The summed E-state index contributed by atoms with van der Waals surface area (Å²) in [5, 5.41) is 0. The molecule has 0 heterocycles. The van der Waals surface area contributed by atoms with Crippen LogP contribution in [0.15, 0.2) is 30.4 Å². The second-order valence-electron chi connectivity index (χ2n) is 6.64. The molecule has 0 N–H and O–H groups in total. The maximum atomic E-state index is 12.0.